The SMILES string of the molecule is Cc1cc(C)c2c(NC[C@@H]3COCCN(C)C3)ncnc2n1. The molecule has 0 spiro atoms. The van der Waals surface area contributed by atoms with Gasteiger partial charge in [-0.3, -0.25) is 0 Å². The lowest BCUT2D eigenvalue weighted by molar-refractivity contribution is 0.125. The molecule has 118 valence electrons. The predicted octanol–water partition coefficient (Wildman–Crippen LogP) is 1.63. The third-order valence-corrected chi connectivity index (χ3v) is 4.03. The molecule has 1 saturated heterocycles. The van der Waals surface area contributed by atoms with Crippen molar-refractivity contribution < 1.29 is 4.74 Å². The van der Waals surface area contributed by atoms with Gasteiger partial charge >= 0.3 is 0 Å². The predicted molar refractivity (Wildman–Crippen MR) is 87.1 cm³/mol. The summed E-state index contributed by atoms with van der Waals surface area (Å²) < 4.78 is 5.67. The quantitative estimate of drug-likeness (QED) is 0.930. The zero-order chi connectivity index (χ0) is 15.5. The molecule has 3 rings (SSSR count). The van der Waals surface area contributed by atoms with E-state index in [0.29, 0.717) is 5.92 Å². The van der Waals surface area contributed by atoms with Crippen LogP contribution in [0.4, 0.5) is 5.82 Å². The summed E-state index contributed by atoms with van der Waals surface area (Å²) in [6.07, 6.45) is 1.58. The van der Waals surface area contributed by atoms with E-state index in [2.05, 4.69) is 45.2 Å². The first kappa shape index (κ1) is 15.1. The molecule has 0 unspecified atom stereocenters. The first-order chi connectivity index (χ1) is 10.6. The highest BCUT2D eigenvalue weighted by atomic mass is 16.5. The minimum Gasteiger partial charge on any atom is -0.380 e. The fourth-order valence-electron chi connectivity index (χ4n) is 2.96. The Morgan fingerprint density at radius 1 is 1.36 bits per heavy atom. The maximum absolute atomic E-state index is 5.67. The second-order valence-corrected chi connectivity index (χ2v) is 6.09. The Bertz CT molecular complexity index is 660. The Balaban J connectivity index is 1.79. The van der Waals surface area contributed by atoms with Gasteiger partial charge in [0.1, 0.15) is 12.1 Å². The van der Waals surface area contributed by atoms with Crippen molar-refractivity contribution in [3.05, 3.63) is 23.7 Å². The number of ether oxygens (including phenoxy) is 1. The molecule has 0 saturated carbocycles. The van der Waals surface area contributed by atoms with E-state index in [0.717, 1.165) is 61.0 Å². The summed E-state index contributed by atoms with van der Waals surface area (Å²) in [6, 6.07) is 2.07. The maximum atomic E-state index is 5.67. The van der Waals surface area contributed by atoms with E-state index in [4.69, 9.17) is 4.74 Å². The van der Waals surface area contributed by atoms with Gasteiger partial charge in [-0.2, -0.15) is 0 Å². The number of aromatic nitrogens is 3. The fourth-order valence-corrected chi connectivity index (χ4v) is 2.96. The van der Waals surface area contributed by atoms with Crippen molar-refractivity contribution in [1.29, 1.82) is 0 Å². The average molecular weight is 301 g/mol. The molecule has 0 radical (unpaired) electrons. The second kappa shape index (κ2) is 6.54. The second-order valence-electron chi connectivity index (χ2n) is 6.09. The number of likely N-dealkylation sites (N-methyl/N-ethyl adjacent to an activating group) is 1. The molecule has 1 N–H and O–H groups in total. The standard InChI is InChI=1S/C16H23N5O/c1-11-6-12(2)20-16-14(11)15(18-10-19-16)17-7-13-8-21(3)4-5-22-9-13/h6,10,13H,4-5,7-9H2,1-3H3,(H,17,18,19,20)/t13-/m0/s1. The van der Waals surface area contributed by atoms with Crippen LogP contribution in [0.15, 0.2) is 12.4 Å². The van der Waals surface area contributed by atoms with Crippen LogP contribution >= 0.6 is 0 Å². The van der Waals surface area contributed by atoms with E-state index in [9.17, 15) is 0 Å². The van der Waals surface area contributed by atoms with Crippen LogP contribution in [-0.2, 0) is 4.74 Å². The molecule has 1 fully saturated rings. The molecule has 3 heterocycles. The van der Waals surface area contributed by atoms with Crippen molar-refractivity contribution >= 4 is 16.9 Å². The summed E-state index contributed by atoms with van der Waals surface area (Å²) in [4.78, 5) is 15.5. The lowest BCUT2D eigenvalue weighted by Gasteiger charge is -2.20. The first-order valence-corrected chi connectivity index (χ1v) is 7.72. The molecule has 0 bridgehead atoms. The molecule has 6 nitrogen and oxygen atoms in total. The highest BCUT2D eigenvalue weighted by Crippen LogP contribution is 2.22. The van der Waals surface area contributed by atoms with E-state index < -0.39 is 0 Å². The number of nitrogens with one attached hydrogen (secondary N) is 1. The smallest absolute Gasteiger partial charge is 0.165 e. The Hall–Kier alpha value is -1.79. The fraction of sp³-hybridized carbons (Fsp3) is 0.562. The Labute approximate surface area is 130 Å². The lowest BCUT2D eigenvalue weighted by Crippen LogP contribution is -2.30. The van der Waals surface area contributed by atoms with Gasteiger partial charge in [0, 0.05) is 31.2 Å². The number of aryl methyl sites for hydroxylation is 2. The largest absolute Gasteiger partial charge is 0.380 e. The molecule has 2 aromatic rings. The van der Waals surface area contributed by atoms with Crippen molar-refractivity contribution in [2.75, 3.05) is 45.2 Å². The van der Waals surface area contributed by atoms with Crippen LogP contribution in [-0.4, -0.2) is 59.7 Å². The van der Waals surface area contributed by atoms with E-state index in [1.54, 1.807) is 6.33 Å². The highest BCUT2D eigenvalue weighted by Gasteiger charge is 2.17. The molecule has 1 aliphatic rings. The molecule has 1 aliphatic heterocycles. The van der Waals surface area contributed by atoms with Gasteiger partial charge in [-0.1, -0.05) is 0 Å². The zero-order valence-corrected chi connectivity index (χ0v) is 13.5. The number of nitrogens with zero attached hydrogens (tertiary/aromatic N) is 4. The van der Waals surface area contributed by atoms with Gasteiger partial charge in [-0.05, 0) is 32.5 Å². The van der Waals surface area contributed by atoms with Crippen molar-refractivity contribution in [2.45, 2.75) is 13.8 Å². The van der Waals surface area contributed by atoms with E-state index in [-0.39, 0.29) is 0 Å². The number of pyridine rings is 1. The summed E-state index contributed by atoms with van der Waals surface area (Å²) in [7, 11) is 2.14. The van der Waals surface area contributed by atoms with Gasteiger partial charge < -0.3 is 15.0 Å². The summed E-state index contributed by atoms with van der Waals surface area (Å²) in [5, 5.41) is 4.48. The topological polar surface area (TPSA) is 63.2 Å². The molecular formula is C16H23N5O. The summed E-state index contributed by atoms with van der Waals surface area (Å²) >= 11 is 0. The normalized spacial score (nSPS) is 20.0. The van der Waals surface area contributed by atoms with Gasteiger partial charge in [0.15, 0.2) is 5.65 Å². The molecular weight excluding hydrogens is 278 g/mol. The van der Waals surface area contributed by atoms with Crippen LogP contribution < -0.4 is 5.32 Å². The summed E-state index contributed by atoms with van der Waals surface area (Å²) in [6.45, 7) is 8.53. The molecule has 0 amide bonds. The maximum Gasteiger partial charge on any atom is 0.165 e. The zero-order valence-electron chi connectivity index (χ0n) is 13.5. The van der Waals surface area contributed by atoms with E-state index in [1.165, 1.54) is 0 Å². The van der Waals surface area contributed by atoms with Gasteiger partial charge in [-0.15, -0.1) is 0 Å². The van der Waals surface area contributed by atoms with Gasteiger partial charge in [-0.25, -0.2) is 15.0 Å². The molecule has 0 aromatic carbocycles. The van der Waals surface area contributed by atoms with Crippen LogP contribution in [0.3, 0.4) is 0 Å². The lowest BCUT2D eigenvalue weighted by atomic mass is 10.1. The number of hydrogen-bond donors (Lipinski definition) is 1. The van der Waals surface area contributed by atoms with Crippen LogP contribution in [0.25, 0.3) is 11.0 Å². The molecule has 2 aromatic heterocycles. The van der Waals surface area contributed by atoms with Gasteiger partial charge in [0.25, 0.3) is 0 Å². The van der Waals surface area contributed by atoms with Crippen molar-refractivity contribution in [3.8, 4) is 0 Å². The van der Waals surface area contributed by atoms with Crippen LogP contribution in [0, 0.1) is 19.8 Å². The highest BCUT2D eigenvalue weighted by molar-refractivity contribution is 5.89. The Kier molecular flexibility index (Phi) is 4.49. The van der Waals surface area contributed by atoms with Crippen molar-refractivity contribution in [2.24, 2.45) is 5.92 Å². The van der Waals surface area contributed by atoms with Crippen LogP contribution in [0.1, 0.15) is 11.3 Å². The molecule has 6 heteroatoms. The number of rotatable bonds is 3. The number of anilines is 1. The van der Waals surface area contributed by atoms with E-state index in [1.807, 2.05) is 6.92 Å². The van der Waals surface area contributed by atoms with Crippen molar-refractivity contribution in [1.82, 2.24) is 19.9 Å². The summed E-state index contributed by atoms with van der Waals surface area (Å²) in [5.41, 5.74) is 2.89. The molecule has 0 aliphatic carbocycles. The monoisotopic (exact) mass is 301 g/mol. The van der Waals surface area contributed by atoms with Crippen LogP contribution in [0.5, 0.6) is 0 Å². The Morgan fingerprint density at radius 2 is 2.23 bits per heavy atom. The van der Waals surface area contributed by atoms with E-state index >= 15 is 0 Å². The number of fused-ring (bicyclic) bond motifs is 1. The third-order valence-electron chi connectivity index (χ3n) is 4.03. The first-order valence-electron chi connectivity index (χ1n) is 7.72. The minimum atomic E-state index is 0.455. The number of hydrogen-bond acceptors (Lipinski definition) is 6. The molecule has 1 atom stereocenters. The average Bonchev–Trinajstić information content (AvgIpc) is 2.68. The van der Waals surface area contributed by atoms with Gasteiger partial charge in [0.2, 0.25) is 0 Å². The summed E-state index contributed by atoms with van der Waals surface area (Å²) in [5.74, 6) is 1.32. The third kappa shape index (κ3) is 3.34. The Morgan fingerprint density at radius 3 is 3.09 bits per heavy atom. The van der Waals surface area contributed by atoms with Crippen molar-refractivity contribution in [3.63, 3.8) is 0 Å². The van der Waals surface area contributed by atoms with Crippen LogP contribution in [0.2, 0.25) is 0 Å². The van der Waals surface area contributed by atoms with Gasteiger partial charge in [0.05, 0.1) is 18.6 Å². The minimum absolute atomic E-state index is 0.455. The molecule has 22 heavy (non-hydrogen) atoms.